The Balaban J connectivity index is 1.69. The molecule has 6 heteroatoms. The van der Waals surface area contributed by atoms with E-state index in [0.717, 1.165) is 15.9 Å². The van der Waals surface area contributed by atoms with E-state index in [4.69, 9.17) is 4.52 Å². The number of H-pyrrole nitrogens is 1. The molecular weight excluding hydrogens is 298 g/mol. The van der Waals surface area contributed by atoms with E-state index < -0.39 is 0 Å². The third-order valence-corrected chi connectivity index (χ3v) is 4.23. The molecule has 4 aromatic rings. The van der Waals surface area contributed by atoms with Gasteiger partial charge in [0.05, 0.1) is 21.6 Å². The molecule has 108 valence electrons. The number of thiophene rings is 1. The van der Waals surface area contributed by atoms with E-state index >= 15 is 0 Å². The third kappa shape index (κ3) is 2.33. The maximum atomic E-state index is 12.1. The monoisotopic (exact) mass is 309 g/mol. The van der Waals surface area contributed by atoms with Gasteiger partial charge in [0.2, 0.25) is 0 Å². The second-order valence-corrected chi connectivity index (χ2v) is 5.81. The summed E-state index contributed by atoms with van der Waals surface area (Å²) in [6, 6.07) is 13.2. The number of benzene rings is 1. The predicted molar refractivity (Wildman–Crippen MR) is 85.0 cm³/mol. The minimum atomic E-state index is -0.195. The molecule has 0 aliphatic carbocycles. The maximum absolute atomic E-state index is 12.1. The SMILES string of the molecule is O=c1[nH]c2ccccc2nc1Cc1cc(-c2cccs2)on1. The second kappa shape index (κ2) is 5.23. The molecule has 3 aromatic heterocycles. The van der Waals surface area contributed by atoms with Crippen molar-refractivity contribution in [3.05, 3.63) is 69.6 Å². The van der Waals surface area contributed by atoms with E-state index in [0.29, 0.717) is 23.6 Å². The number of hydrogen-bond acceptors (Lipinski definition) is 5. The Morgan fingerprint density at radius 2 is 2.09 bits per heavy atom. The number of rotatable bonds is 3. The van der Waals surface area contributed by atoms with E-state index in [1.165, 1.54) is 0 Å². The van der Waals surface area contributed by atoms with Crippen LogP contribution >= 0.6 is 11.3 Å². The van der Waals surface area contributed by atoms with Gasteiger partial charge < -0.3 is 9.51 Å². The first-order chi connectivity index (χ1) is 10.8. The Kier molecular flexibility index (Phi) is 3.08. The van der Waals surface area contributed by atoms with E-state index in [1.54, 1.807) is 11.3 Å². The van der Waals surface area contributed by atoms with Gasteiger partial charge in [-0.25, -0.2) is 4.98 Å². The van der Waals surface area contributed by atoms with E-state index in [9.17, 15) is 4.79 Å². The van der Waals surface area contributed by atoms with Crippen molar-refractivity contribution in [2.75, 3.05) is 0 Å². The average Bonchev–Trinajstić information content (AvgIpc) is 3.18. The van der Waals surface area contributed by atoms with Crippen molar-refractivity contribution >= 4 is 22.4 Å². The number of fused-ring (bicyclic) bond motifs is 1. The Morgan fingerprint density at radius 1 is 1.18 bits per heavy atom. The van der Waals surface area contributed by atoms with Crippen molar-refractivity contribution in [3.8, 4) is 10.6 Å². The van der Waals surface area contributed by atoms with Gasteiger partial charge in [-0.2, -0.15) is 0 Å². The Morgan fingerprint density at radius 3 is 2.95 bits per heavy atom. The summed E-state index contributed by atoms with van der Waals surface area (Å²) in [7, 11) is 0. The first kappa shape index (κ1) is 13.0. The molecule has 0 radical (unpaired) electrons. The van der Waals surface area contributed by atoms with Gasteiger partial charge in [0.1, 0.15) is 5.69 Å². The quantitative estimate of drug-likeness (QED) is 0.630. The Bertz CT molecular complexity index is 986. The fourth-order valence-electron chi connectivity index (χ4n) is 2.29. The Labute approximate surface area is 129 Å². The molecule has 0 saturated heterocycles. The topological polar surface area (TPSA) is 71.8 Å². The number of aromatic nitrogens is 3. The van der Waals surface area contributed by atoms with Crippen LogP contribution in [-0.4, -0.2) is 15.1 Å². The summed E-state index contributed by atoms with van der Waals surface area (Å²) in [5.74, 6) is 0.710. The number of nitrogens with zero attached hydrogens (tertiary/aromatic N) is 2. The van der Waals surface area contributed by atoms with Crippen molar-refractivity contribution < 1.29 is 4.52 Å². The summed E-state index contributed by atoms with van der Waals surface area (Å²) < 4.78 is 5.33. The predicted octanol–water partition coefficient (Wildman–Crippen LogP) is 3.23. The summed E-state index contributed by atoms with van der Waals surface area (Å²) in [4.78, 5) is 20.4. The summed E-state index contributed by atoms with van der Waals surface area (Å²) in [5.41, 5.74) is 2.43. The van der Waals surface area contributed by atoms with E-state index in [2.05, 4.69) is 15.1 Å². The molecule has 0 aliphatic rings. The van der Waals surface area contributed by atoms with Crippen LogP contribution in [0.5, 0.6) is 0 Å². The molecule has 0 amide bonds. The van der Waals surface area contributed by atoms with Crippen LogP contribution in [0.1, 0.15) is 11.4 Å². The van der Waals surface area contributed by atoms with Crippen molar-refractivity contribution in [3.63, 3.8) is 0 Å². The zero-order chi connectivity index (χ0) is 14.9. The minimum Gasteiger partial charge on any atom is -0.355 e. The summed E-state index contributed by atoms with van der Waals surface area (Å²) in [5, 5.41) is 6.01. The van der Waals surface area contributed by atoms with Gasteiger partial charge in [-0.1, -0.05) is 23.4 Å². The molecule has 3 heterocycles. The molecule has 0 saturated carbocycles. The highest BCUT2D eigenvalue weighted by atomic mass is 32.1. The van der Waals surface area contributed by atoms with E-state index in [-0.39, 0.29) is 5.56 Å². The van der Waals surface area contributed by atoms with Crippen LogP contribution in [0, 0.1) is 0 Å². The lowest BCUT2D eigenvalue weighted by Gasteiger charge is -2.00. The van der Waals surface area contributed by atoms with Crippen LogP contribution in [0.4, 0.5) is 0 Å². The number of para-hydroxylation sites is 2. The Hall–Kier alpha value is -2.73. The lowest BCUT2D eigenvalue weighted by Crippen LogP contribution is -2.15. The minimum absolute atomic E-state index is 0.195. The normalized spacial score (nSPS) is 11.1. The zero-order valence-electron chi connectivity index (χ0n) is 11.4. The molecule has 0 fully saturated rings. The number of aromatic amines is 1. The molecule has 1 N–H and O–H groups in total. The van der Waals surface area contributed by atoms with Gasteiger partial charge in [0.15, 0.2) is 5.76 Å². The largest absolute Gasteiger partial charge is 0.355 e. The van der Waals surface area contributed by atoms with Crippen LogP contribution in [0.15, 0.2) is 57.2 Å². The molecule has 4 rings (SSSR count). The number of hydrogen-bond donors (Lipinski definition) is 1. The summed E-state index contributed by atoms with van der Waals surface area (Å²) >= 11 is 1.58. The standard InChI is InChI=1S/C16H11N3O2S/c20-16-13(17-11-4-1-2-5-12(11)18-16)8-10-9-14(21-19-10)15-6-3-7-22-15/h1-7,9H,8H2,(H,18,20). The lowest BCUT2D eigenvalue weighted by molar-refractivity contribution is 0.425. The molecule has 1 aromatic carbocycles. The molecule has 0 atom stereocenters. The fourth-order valence-corrected chi connectivity index (χ4v) is 2.96. The summed E-state index contributed by atoms with van der Waals surface area (Å²) in [6.07, 6.45) is 0.342. The molecule has 0 unspecified atom stereocenters. The van der Waals surface area contributed by atoms with Crippen LogP contribution in [0.25, 0.3) is 21.7 Å². The molecule has 5 nitrogen and oxygen atoms in total. The van der Waals surface area contributed by atoms with Crippen LogP contribution in [-0.2, 0) is 6.42 Å². The molecule has 22 heavy (non-hydrogen) atoms. The average molecular weight is 309 g/mol. The highest BCUT2D eigenvalue weighted by Gasteiger charge is 2.11. The maximum Gasteiger partial charge on any atom is 0.270 e. The van der Waals surface area contributed by atoms with Gasteiger partial charge in [0.25, 0.3) is 5.56 Å². The van der Waals surface area contributed by atoms with Gasteiger partial charge in [-0.15, -0.1) is 11.3 Å². The summed E-state index contributed by atoms with van der Waals surface area (Å²) in [6.45, 7) is 0. The van der Waals surface area contributed by atoms with Crippen molar-refractivity contribution in [1.29, 1.82) is 0 Å². The highest BCUT2D eigenvalue weighted by molar-refractivity contribution is 7.13. The van der Waals surface area contributed by atoms with Gasteiger partial charge >= 0.3 is 0 Å². The molecule has 0 spiro atoms. The highest BCUT2D eigenvalue weighted by Crippen LogP contribution is 2.25. The number of nitrogens with one attached hydrogen (secondary N) is 1. The first-order valence-corrected chi connectivity index (χ1v) is 7.65. The smallest absolute Gasteiger partial charge is 0.270 e. The second-order valence-electron chi connectivity index (χ2n) is 4.87. The third-order valence-electron chi connectivity index (χ3n) is 3.34. The van der Waals surface area contributed by atoms with E-state index in [1.807, 2.05) is 47.8 Å². The first-order valence-electron chi connectivity index (χ1n) is 6.77. The lowest BCUT2D eigenvalue weighted by atomic mass is 10.2. The van der Waals surface area contributed by atoms with Gasteiger partial charge in [-0.05, 0) is 23.6 Å². The van der Waals surface area contributed by atoms with Gasteiger partial charge in [0, 0.05) is 12.5 Å². The van der Waals surface area contributed by atoms with Crippen molar-refractivity contribution in [2.24, 2.45) is 0 Å². The van der Waals surface area contributed by atoms with Crippen LogP contribution in [0.3, 0.4) is 0 Å². The van der Waals surface area contributed by atoms with Crippen LogP contribution < -0.4 is 5.56 Å². The molecule has 0 bridgehead atoms. The molecule has 0 aliphatic heterocycles. The van der Waals surface area contributed by atoms with Crippen LogP contribution in [0.2, 0.25) is 0 Å². The molecular formula is C16H11N3O2S. The van der Waals surface area contributed by atoms with Crippen molar-refractivity contribution in [2.45, 2.75) is 6.42 Å². The van der Waals surface area contributed by atoms with Crippen molar-refractivity contribution in [1.82, 2.24) is 15.1 Å². The van der Waals surface area contributed by atoms with Gasteiger partial charge in [-0.3, -0.25) is 4.79 Å². The zero-order valence-corrected chi connectivity index (χ0v) is 12.3. The fraction of sp³-hybridized carbons (Fsp3) is 0.0625.